The van der Waals surface area contributed by atoms with Gasteiger partial charge in [-0.2, -0.15) is 0 Å². The summed E-state index contributed by atoms with van der Waals surface area (Å²) in [5.41, 5.74) is 3.82. The molecule has 1 saturated heterocycles. The predicted molar refractivity (Wildman–Crippen MR) is 106 cm³/mol. The van der Waals surface area contributed by atoms with Crippen LogP contribution in [0.5, 0.6) is 0 Å². The van der Waals surface area contributed by atoms with Crippen LogP contribution in [0.25, 0.3) is 11.0 Å². The second-order valence-electron chi connectivity index (χ2n) is 6.90. The Balaban J connectivity index is 1.43. The molecule has 1 N–H and O–H groups in total. The summed E-state index contributed by atoms with van der Waals surface area (Å²) in [6.45, 7) is 0.751. The highest BCUT2D eigenvalue weighted by atomic mass is 16.6. The maximum atomic E-state index is 13.0. The first-order chi connectivity index (χ1) is 14.1. The first-order valence-electron chi connectivity index (χ1n) is 9.42. The van der Waals surface area contributed by atoms with Crippen molar-refractivity contribution in [2.24, 2.45) is 0 Å². The summed E-state index contributed by atoms with van der Waals surface area (Å²) in [6, 6.07) is 16.7. The topological polar surface area (TPSA) is 88.8 Å². The van der Waals surface area contributed by atoms with Crippen molar-refractivity contribution < 1.29 is 18.8 Å². The minimum Gasteiger partial charge on any atom is -0.423 e. The minimum atomic E-state index is -0.581. The fourth-order valence-electron chi connectivity index (χ4n) is 3.49. The number of likely N-dealkylation sites (tertiary alicyclic amines) is 1. The quantitative estimate of drug-likeness (QED) is 0.533. The van der Waals surface area contributed by atoms with E-state index in [1.807, 2.05) is 30.3 Å². The molecule has 148 valence electrons. The van der Waals surface area contributed by atoms with Crippen LogP contribution in [0.15, 0.2) is 69.9 Å². The van der Waals surface area contributed by atoms with E-state index >= 15 is 0 Å². The van der Waals surface area contributed by atoms with Gasteiger partial charge in [-0.15, -0.1) is 0 Å². The third kappa shape index (κ3) is 4.20. The SMILES string of the molecule is O=C(NOCc1ccccc1)[C@@H]1CCCN1C(=O)c1ccc2oc(=O)ccc2c1. The molecule has 7 heteroatoms. The number of benzene rings is 2. The molecular formula is C22H20N2O5. The number of rotatable bonds is 5. The Morgan fingerprint density at radius 1 is 1.10 bits per heavy atom. The molecule has 1 fully saturated rings. The number of carbonyl (C=O) groups excluding carboxylic acids is 2. The van der Waals surface area contributed by atoms with E-state index in [-0.39, 0.29) is 18.4 Å². The van der Waals surface area contributed by atoms with Gasteiger partial charge in [0.1, 0.15) is 11.6 Å². The van der Waals surface area contributed by atoms with Gasteiger partial charge in [-0.3, -0.25) is 14.4 Å². The molecule has 1 aliphatic heterocycles. The second kappa shape index (κ2) is 8.28. The van der Waals surface area contributed by atoms with Gasteiger partial charge in [-0.25, -0.2) is 10.3 Å². The largest absolute Gasteiger partial charge is 0.423 e. The van der Waals surface area contributed by atoms with Gasteiger partial charge < -0.3 is 9.32 Å². The number of hydroxylamine groups is 1. The molecule has 2 aromatic carbocycles. The Hall–Kier alpha value is -3.45. The molecule has 0 unspecified atom stereocenters. The van der Waals surface area contributed by atoms with E-state index in [0.29, 0.717) is 29.5 Å². The summed E-state index contributed by atoms with van der Waals surface area (Å²) in [6.07, 6.45) is 1.32. The van der Waals surface area contributed by atoms with Crippen molar-refractivity contribution in [3.05, 3.63) is 82.2 Å². The monoisotopic (exact) mass is 392 g/mol. The predicted octanol–water partition coefficient (Wildman–Crippen LogP) is 2.65. The van der Waals surface area contributed by atoms with Gasteiger partial charge in [0.15, 0.2) is 0 Å². The van der Waals surface area contributed by atoms with E-state index < -0.39 is 11.7 Å². The van der Waals surface area contributed by atoms with Crippen LogP contribution >= 0.6 is 0 Å². The normalized spacial score (nSPS) is 16.1. The van der Waals surface area contributed by atoms with Crippen LogP contribution in [0.4, 0.5) is 0 Å². The summed E-state index contributed by atoms with van der Waals surface area (Å²) in [5.74, 6) is -0.572. The number of nitrogens with zero attached hydrogens (tertiary/aromatic N) is 1. The standard InChI is InChI=1S/C22H20N2O5/c25-20-11-9-16-13-17(8-10-19(16)29-20)22(27)24-12-4-7-18(24)21(26)23-28-14-15-5-2-1-3-6-15/h1-3,5-6,8-11,13,18H,4,7,12,14H2,(H,23,26)/t18-/m0/s1. The Morgan fingerprint density at radius 2 is 1.93 bits per heavy atom. The van der Waals surface area contributed by atoms with Gasteiger partial charge in [-0.05, 0) is 42.7 Å². The molecule has 7 nitrogen and oxygen atoms in total. The van der Waals surface area contributed by atoms with Crippen LogP contribution < -0.4 is 11.1 Å². The molecular weight excluding hydrogens is 372 g/mol. The van der Waals surface area contributed by atoms with Crippen LogP contribution in [0.3, 0.4) is 0 Å². The maximum absolute atomic E-state index is 13.0. The Labute approximate surface area is 166 Å². The number of hydrogen-bond acceptors (Lipinski definition) is 5. The van der Waals surface area contributed by atoms with E-state index in [0.717, 1.165) is 12.0 Å². The highest BCUT2D eigenvalue weighted by Gasteiger charge is 2.34. The zero-order chi connectivity index (χ0) is 20.2. The van der Waals surface area contributed by atoms with Crippen LogP contribution in [0, 0.1) is 0 Å². The first kappa shape index (κ1) is 18.9. The molecule has 0 spiro atoms. The molecule has 1 atom stereocenters. The van der Waals surface area contributed by atoms with E-state index in [1.54, 1.807) is 29.2 Å². The molecule has 0 saturated carbocycles. The van der Waals surface area contributed by atoms with Crippen molar-refractivity contribution in [2.45, 2.75) is 25.5 Å². The van der Waals surface area contributed by atoms with Crippen molar-refractivity contribution >= 4 is 22.8 Å². The van der Waals surface area contributed by atoms with Gasteiger partial charge in [0.05, 0.1) is 6.61 Å². The lowest BCUT2D eigenvalue weighted by atomic mass is 10.1. The average molecular weight is 392 g/mol. The average Bonchev–Trinajstić information content (AvgIpc) is 3.23. The smallest absolute Gasteiger partial charge is 0.336 e. The Morgan fingerprint density at radius 3 is 2.76 bits per heavy atom. The third-order valence-electron chi connectivity index (χ3n) is 4.94. The van der Waals surface area contributed by atoms with Crippen molar-refractivity contribution in [3.8, 4) is 0 Å². The molecule has 29 heavy (non-hydrogen) atoms. The number of hydrogen-bond donors (Lipinski definition) is 1. The zero-order valence-corrected chi connectivity index (χ0v) is 15.7. The highest BCUT2D eigenvalue weighted by Crippen LogP contribution is 2.22. The van der Waals surface area contributed by atoms with Gasteiger partial charge >= 0.3 is 5.63 Å². The third-order valence-corrected chi connectivity index (χ3v) is 4.94. The van der Waals surface area contributed by atoms with Gasteiger partial charge in [0, 0.05) is 23.6 Å². The van der Waals surface area contributed by atoms with Crippen molar-refractivity contribution in [2.75, 3.05) is 6.54 Å². The molecule has 1 aromatic heterocycles. The molecule has 2 heterocycles. The van der Waals surface area contributed by atoms with Crippen molar-refractivity contribution in [3.63, 3.8) is 0 Å². The van der Waals surface area contributed by atoms with E-state index in [9.17, 15) is 14.4 Å². The van der Waals surface area contributed by atoms with Crippen LogP contribution in [-0.2, 0) is 16.2 Å². The molecule has 2 amide bonds. The molecule has 4 rings (SSSR count). The molecule has 3 aromatic rings. The van der Waals surface area contributed by atoms with Crippen LogP contribution in [0.1, 0.15) is 28.8 Å². The van der Waals surface area contributed by atoms with Crippen LogP contribution in [-0.4, -0.2) is 29.3 Å². The van der Waals surface area contributed by atoms with Crippen LogP contribution in [0.2, 0.25) is 0 Å². The lowest BCUT2D eigenvalue weighted by Crippen LogP contribution is -2.45. The molecule has 0 bridgehead atoms. The van der Waals surface area contributed by atoms with E-state index in [1.165, 1.54) is 6.07 Å². The Kier molecular flexibility index (Phi) is 5.39. The summed E-state index contributed by atoms with van der Waals surface area (Å²) in [5, 5.41) is 0.654. The minimum absolute atomic E-state index is 0.237. The Bertz CT molecular complexity index is 1090. The number of amides is 2. The maximum Gasteiger partial charge on any atom is 0.336 e. The highest BCUT2D eigenvalue weighted by molar-refractivity contribution is 6.00. The molecule has 0 aliphatic carbocycles. The summed E-state index contributed by atoms with van der Waals surface area (Å²) in [7, 11) is 0. The second-order valence-corrected chi connectivity index (χ2v) is 6.90. The summed E-state index contributed by atoms with van der Waals surface area (Å²) >= 11 is 0. The number of carbonyl (C=O) groups is 2. The summed E-state index contributed by atoms with van der Waals surface area (Å²) in [4.78, 5) is 43.7. The van der Waals surface area contributed by atoms with Gasteiger partial charge in [-0.1, -0.05) is 30.3 Å². The number of fused-ring (bicyclic) bond motifs is 1. The lowest BCUT2D eigenvalue weighted by molar-refractivity contribution is -0.138. The fourth-order valence-corrected chi connectivity index (χ4v) is 3.49. The van der Waals surface area contributed by atoms with Crippen molar-refractivity contribution in [1.29, 1.82) is 0 Å². The summed E-state index contributed by atoms with van der Waals surface area (Å²) < 4.78 is 5.10. The van der Waals surface area contributed by atoms with Gasteiger partial charge in [0.2, 0.25) is 0 Å². The van der Waals surface area contributed by atoms with Crippen molar-refractivity contribution in [1.82, 2.24) is 10.4 Å². The fraction of sp³-hybridized carbons (Fsp3) is 0.227. The van der Waals surface area contributed by atoms with Gasteiger partial charge in [0.25, 0.3) is 11.8 Å². The van der Waals surface area contributed by atoms with E-state index in [4.69, 9.17) is 9.25 Å². The molecule has 1 aliphatic rings. The lowest BCUT2D eigenvalue weighted by Gasteiger charge is -2.24. The number of nitrogens with one attached hydrogen (secondary N) is 1. The van der Waals surface area contributed by atoms with E-state index in [2.05, 4.69) is 5.48 Å². The first-order valence-corrected chi connectivity index (χ1v) is 9.42. The zero-order valence-electron chi connectivity index (χ0n) is 15.7. The molecule has 0 radical (unpaired) electrons.